The molecule has 2 aromatic rings. The number of hydrogen-bond donors (Lipinski definition) is 2. The summed E-state index contributed by atoms with van der Waals surface area (Å²) in [6, 6.07) is 9.56. The zero-order chi connectivity index (χ0) is 13.0. The van der Waals surface area contributed by atoms with Crippen molar-refractivity contribution in [3.63, 3.8) is 0 Å². The predicted molar refractivity (Wildman–Crippen MR) is 70.2 cm³/mol. The van der Waals surface area contributed by atoms with Crippen LogP contribution in [0.5, 0.6) is 0 Å². The second-order valence-corrected chi connectivity index (χ2v) is 3.87. The van der Waals surface area contributed by atoms with E-state index >= 15 is 0 Å². The van der Waals surface area contributed by atoms with Gasteiger partial charge in [0.2, 0.25) is 0 Å². The van der Waals surface area contributed by atoms with Gasteiger partial charge in [-0.2, -0.15) is 0 Å². The molecule has 0 spiro atoms. The maximum atomic E-state index is 11.8. The minimum absolute atomic E-state index is 0.142. The van der Waals surface area contributed by atoms with Crippen LogP contribution >= 0.6 is 0 Å². The largest absolute Gasteiger partial charge is 0.370 e. The van der Waals surface area contributed by atoms with Gasteiger partial charge >= 0.3 is 0 Å². The van der Waals surface area contributed by atoms with Gasteiger partial charge in [0.15, 0.2) is 0 Å². The molecule has 0 aliphatic heterocycles. The van der Waals surface area contributed by atoms with Gasteiger partial charge in [0.05, 0.1) is 17.4 Å². The van der Waals surface area contributed by atoms with Crippen LogP contribution in [0, 0.1) is 0 Å². The SMILES string of the molecule is COC(CN)C(=O)Nc1cnc2ccccc2c1. The highest BCUT2D eigenvalue weighted by Crippen LogP contribution is 2.16. The standard InChI is InChI=1S/C13H15N3O2/c1-18-12(7-14)13(17)16-10-6-9-4-2-3-5-11(9)15-8-10/h2-6,8,12H,7,14H2,1H3,(H,16,17). The number of carbonyl (C=O) groups is 1. The van der Waals surface area contributed by atoms with Crippen molar-refractivity contribution >= 4 is 22.5 Å². The van der Waals surface area contributed by atoms with E-state index in [1.54, 1.807) is 6.20 Å². The Bertz CT molecular complexity index is 553. The van der Waals surface area contributed by atoms with Gasteiger partial charge in [0.25, 0.3) is 5.91 Å². The molecule has 1 aromatic heterocycles. The molecule has 0 aliphatic carbocycles. The number of rotatable bonds is 4. The summed E-state index contributed by atoms with van der Waals surface area (Å²) in [6.45, 7) is 0.142. The maximum absolute atomic E-state index is 11.8. The molecule has 94 valence electrons. The van der Waals surface area contributed by atoms with Gasteiger partial charge < -0.3 is 15.8 Å². The van der Waals surface area contributed by atoms with E-state index in [4.69, 9.17) is 10.5 Å². The average Bonchev–Trinajstić information content (AvgIpc) is 2.40. The molecular weight excluding hydrogens is 230 g/mol. The van der Waals surface area contributed by atoms with E-state index in [0.29, 0.717) is 5.69 Å². The second-order valence-electron chi connectivity index (χ2n) is 3.87. The highest BCUT2D eigenvalue weighted by atomic mass is 16.5. The number of amides is 1. The Morgan fingerprint density at radius 3 is 3.00 bits per heavy atom. The van der Waals surface area contributed by atoms with Crippen LogP contribution in [0.1, 0.15) is 0 Å². The number of para-hydroxylation sites is 1. The zero-order valence-electron chi connectivity index (χ0n) is 10.1. The normalized spacial score (nSPS) is 12.3. The topological polar surface area (TPSA) is 77.2 Å². The molecule has 0 fully saturated rings. The molecule has 1 aromatic carbocycles. The van der Waals surface area contributed by atoms with Crippen molar-refractivity contribution in [1.82, 2.24) is 4.98 Å². The lowest BCUT2D eigenvalue weighted by molar-refractivity contribution is -0.125. The summed E-state index contributed by atoms with van der Waals surface area (Å²) < 4.78 is 4.96. The van der Waals surface area contributed by atoms with Crippen LogP contribution in [0.2, 0.25) is 0 Å². The van der Waals surface area contributed by atoms with E-state index in [1.807, 2.05) is 30.3 Å². The third-order valence-electron chi connectivity index (χ3n) is 2.65. The lowest BCUT2D eigenvalue weighted by Crippen LogP contribution is -2.35. The lowest BCUT2D eigenvalue weighted by atomic mass is 10.2. The third kappa shape index (κ3) is 2.64. The number of pyridine rings is 1. The summed E-state index contributed by atoms with van der Waals surface area (Å²) in [6.07, 6.45) is 0.972. The summed E-state index contributed by atoms with van der Waals surface area (Å²) in [5.41, 5.74) is 6.95. The number of nitrogens with one attached hydrogen (secondary N) is 1. The Labute approximate surface area is 105 Å². The minimum Gasteiger partial charge on any atom is -0.370 e. The average molecular weight is 245 g/mol. The molecule has 3 N–H and O–H groups in total. The molecule has 0 radical (unpaired) electrons. The van der Waals surface area contributed by atoms with Crippen molar-refractivity contribution in [2.75, 3.05) is 19.0 Å². The number of aromatic nitrogens is 1. The van der Waals surface area contributed by atoms with E-state index < -0.39 is 6.10 Å². The van der Waals surface area contributed by atoms with Crippen molar-refractivity contribution in [3.05, 3.63) is 36.5 Å². The van der Waals surface area contributed by atoms with Crippen LogP contribution in [0.4, 0.5) is 5.69 Å². The Balaban J connectivity index is 2.19. The number of anilines is 1. The Kier molecular flexibility index (Phi) is 3.86. The Morgan fingerprint density at radius 2 is 2.28 bits per heavy atom. The molecule has 18 heavy (non-hydrogen) atoms. The summed E-state index contributed by atoms with van der Waals surface area (Å²) >= 11 is 0. The number of carbonyl (C=O) groups excluding carboxylic acids is 1. The first-order chi connectivity index (χ1) is 8.74. The fourth-order valence-corrected chi connectivity index (χ4v) is 1.67. The molecule has 1 atom stereocenters. The van der Waals surface area contributed by atoms with Crippen LogP contribution in [0.15, 0.2) is 36.5 Å². The highest BCUT2D eigenvalue weighted by Gasteiger charge is 2.15. The van der Waals surface area contributed by atoms with Crippen LogP contribution in [-0.2, 0) is 9.53 Å². The van der Waals surface area contributed by atoms with Crippen LogP contribution in [0.25, 0.3) is 10.9 Å². The maximum Gasteiger partial charge on any atom is 0.254 e. The van der Waals surface area contributed by atoms with Gasteiger partial charge in [-0.1, -0.05) is 18.2 Å². The first-order valence-electron chi connectivity index (χ1n) is 5.63. The molecule has 2 rings (SSSR count). The van der Waals surface area contributed by atoms with Gasteiger partial charge in [-0.25, -0.2) is 0 Å². The molecule has 0 saturated carbocycles. The van der Waals surface area contributed by atoms with Crippen LogP contribution in [-0.4, -0.2) is 30.6 Å². The number of nitrogens with zero attached hydrogens (tertiary/aromatic N) is 1. The predicted octanol–water partition coefficient (Wildman–Crippen LogP) is 1.15. The fraction of sp³-hybridized carbons (Fsp3) is 0.231. The van der Waals surface area contributed by atoms with Crippen LogP contribution < -0.4 is 11.1 Å². The Morgan fingerprint density at radius 1 is 1.50 bits per heavy atom. The number of hydrogen-bond acceptors (Lipinski definition) is 4. The first kappa shape index (κ1) is 12.5. The van der Waals surface area contributed by atoms with E-state index in [0.717, 1.165) is 10.9 Å². The molecule has 5 heteroatoms. The van der Waals surface area contributed by atoms with E-state index in [9.17, 15) is 4.79 Å². The molecule has 5 nitrogen and oxygen atoms in total. The smallest absolute Gasteiger partial charge is 0.254 e. The van der Waals surface area contributed by atoms with Crippen molar-refractivity contribution in [2.45, 2.75) is 6.10 Å². The number of nitrogens with two attached hydrogens (primary N) is 1. The van der Waals surface area contributed by atoms with E-state index in [-0.39, 0.29) is 12.5 Å². The number of methoxy groups -OCH3 is 1. The summed E-state index contributed by atoms with van der Waals surface area (Å²) in [7, 11) is 1.45. The first-order valence-corrected chi connectivity index (χ1v) is 5.63. The number of ether oxygens (including phenoxy) is 1. The summed E-state index contributed by atoms with van der Waals surface area (Å²) in [4.78, 5) is 16.0. The quantitative estimate of drug-likeness (QED) is 0.847. The summed E-state index contributed by atoms with van der Waals surface area (Å²) in [5.74, 6) is -0.267. The van der Waals surface area contributed by atoms with Crippen LogP contribution in [0.3, 0.4) is 0 Å². The highest BCUT2D eigenvalue weighted by molar-refractivity contribution is 5.95. The zero-order valence-corrected chi connectivity index (χ0v) is 10.1. The summed E-state index contributed by atoms with van der Waals surface area (Å²) in [5, 5.41) is 3.70. The molecule has 0 bridgehead atoms. The molecule has 1 unspecified atom stereocenters. The van der Waals surface area contributed by atoms with Gasteiger partial charge in [-0.05, 0) is 12.1 Å². The molecule has 0 saturated heterocycles. The Hall–Kier alpha value is -1.98. The van der Waals surface area contributed by atoms with Crippen molar-refractivity contribution < 1.29 is 9.53 Å². The van der Waals surface area contributed by atoms with E-state index in [2.05, 4.69) is 10.3 Å². The van der Waals surface area contributed by atoms with Crippen molar-refractivity contribution in [2.24, 2.45) is 5.73 Å². The van der Waals surface area contributed by atoms with E-state index in [1.165, 1.54) is 7.11 Å². The molecular formula is C13H15N3O2. The monoisotopic (exact) mass is 245 g/mol. The third-order valence-corrected chi connectivity index (χ3v) is 2.65. The number of fused-ring (bicyclic) bond motifs is 1. The molecule has 1 heterocycles. The van der Waals surface area contributed by atoms with Gasteiger partial charge in [0.1, 0.15) is 6.10 Å². The number of benzene rings is 1. The fourth-order valence-electron chi connectivity index (χ4n) is 1.67. The van der Waals surface area contributed by atoms with Gasteiger partial charge in [0, 0.05) is 19.0 Å². The molecule has 0 aliphatic rings. The van der Waals surface area contributed by atoms with Crippen molar-refractivity contribution in [1.29, 1.82) is 0 Å². The van der Waals surface area contributed by atoms with Gasteiger partial charge in [-0.15, -0.1) is 0 Å². The minimum atomic E-state index is -0.642. The molecule has 1 amide bonds. The second kappa shape index (κ2) is 5.57. The van der Waals surface area contributed by atoms with Gasteiger partial charge in [-0.3, -0.25) is 9.78 Å². The lowest BCUT2D eigenvalue weighted by Gasteiger charge is -2.13. The van der Waals surface area contributed by atoms with Crippen molar-refractivity contribution in [3.8, 4) is 0 Å².